The molecule has 37 heavy (non-hydrogen) atoms. The van der Waals surface area contributed by atoms with Gasteiger partial charge in [0.25, 0.3) is 11.5 Å². The maximum Gasteiger partial charge on any atom is 0.274 e. The molecule has 1 saturated heterocycles. The first-order valence-electron chi connectivity index (χ1n) is 12.1. The summed E-state index contributed by atoms with van der Waals surface area (Å²) in [7, 11) is 0. The third-order valence-electron chi connectivity index (χ3n) is 6.86. The number of aromatic amines is 1. The van der Waals surface area contributed by atoms with E-state index in [1.165, 1.54) is 22.9 Å². The Balaban J connectivity index is 1.33. The minimum absolute atomic E-state index is 0.0709. The van der Waals surface area contributed by atoms with Crippen LogP contribution in [-0.4, -0.2) is 52.1 Å². The molecule has 0 saturated carbocycles. The molecule has 1 aliphatic rings. The van der Waals surface area contributed by atoms with Crippen LogP contribution in [0, 0.1) is 13.8 Å². The van der Waals surface area contributed by atoms with Crippen molar-refractivity contribution in [2.24, 2.45) is 0 Å². The average molecular weight is 515 g/mol. The van der Waals surface area contributed by atoms with E-state index < -0.39 is 5.56 Å². The van der Waals surface area contributed by atoms with Crippen molar-refractivity contribution in [1.82, 2.24) is 14.9 Å². The predicted octanol–water partition coefficient (Wildman–Crippen LogP) is 5.21. The van der Waals surface area contributed by atoms with Crippen molar-refractivity contribution in [2.45, 2.75) is 13.8 Å². The lowest BCUT2D eigenvalue weighted by molar-refractivity contribution is 0.0747. The fourth-order valence-electron chi connectivity index (χ4n) is 4.58. The van der Waals surface area contributed by atoms with Gasteiger partial charge in [-0.1, -0.05) is 23.7 Å². The molecule has 188 valence electrons. The molecule has 1 aromatic heterocycles. The summed E-state index contributed by atoms with van der Waals surface area (Å²) in [4.78, 5) is 37.2. The molecule has 0 unspecified atom stereocenters. The van der Waals surface area contributed by atoms with Crippen LogP contribution in [-0.2, 0) is 0 Å². The zero-order valence-corrected chi connectivity index (χ0v) is 21.4. The highest BCUT2D eigenvalue weighted by Gasteiger charge is 2.23. The normalized spacial score (nSPS) is 14.3. The number of anilines is 1. The van der Waals surface area contributed by atoms with Gasteiger partial charge < -0.3 is 19.9 Å². The molecule has 0 atom stereocenters. The van der Waals surface area contributed by atoms with Crippen molar-refractivity contribution in [1.29, 1.82) is 0 Å². The molecule has 7 nitrogen and oxygen atoms in total. The Morgan fingerprint density at radius 2 is 1.70 bits per heavy atom. The first-order chi connectivity index (χ1) is 17.8. The third kappa shape index (κ3) is 5.08. The van der Waals surface area contributed by atoms with Crippen LogP contribution in [0.15, 0.2) is 65.5 Å². The van der Waals surface area contributed by atoms with E-state index in [4.69, 9.17) is 11.6 Å². The number of amides is 1. The van der Waals surface area contributed by atoms with Gasteiger partial charge in [-0.05, 0) is 73.5 Å². The third-order valence-corrected chi connectivity index (χ3v) is 7.11. The SMILES string of the molecule is Cc1cccc(N2CCN(C(=O)c3ccc4nc(C=C(O)c5ccc(Cl)cc5)c(=O)[nH]c4c3)CC2)c1C. The number of aliphatic hydroxyl groups excluding tert-OH is 1. The zero-order chi connectivity index (χ0) is 26.1. The molecule has 1 amide bonds. The number of rotatable bonds is 4. The molecule has 2 N–H and O–H groups in total. The Hall–Kier alpha value is -4.10. The van der Waals surface area contributed by atoms with E-state index in [0.717, 1.165) is 13.1 Å². The van der Waals surface area contributed by atoms with Gasteiger partial charge in [0.05, 0.1) is 11.0 Å². The Morgan fingerprint density at radius 1 is 1.00 bits per heavy atom. The highest BCUT2D eigenvalue weighted by Crippen LogP contribution is 2.24. The van der Waals surface area contributed by atoms with Crippen molar-refractivity contribution >= 4 is 46.1 Å². The molecule has 0 aliphatic carbocycles. The van der Waals surface area contributed by atoms with E-state index in [2.05, 4.69) is 46.9 Å². The Labute approximate surface area is 219 Å². The van der Waals surface area contributed by atoms with Crippen LogP contribution in [0.2, 0.25) is 5.02 Å². The Bertz CT molecular complexity index is 1570. The molecular weight excluding hydrogens is 488 g/mol. The predicted molar refractivity (Wildman–Crippen MR) is 148 cm³/mol. The molecule has 4 aromatic rings. The van der Waals surface area contributed by atoms with Gasteiger partial charge in [0.15, 0.2) is 0 Å². The molecule has 0 spiro atoms. The summed E-state index contributed by atoms with van der Waals surface area (Å²) < 4.78 is 0. The van der Waals surface area contributed by atoms with Gasteiger partial charge in [0.2, 0.25) is 0 Å². The summed E-state index contributed by atoms with van der Waals surface area (Å²) in [5, 5.41) is 11.0. The van der Waals surface area contributed by atoms with E-state index in [9.17, 15) is 14.7 Å². The fraction of sp³-hybridized carbons (Fsp3) is 0.207. The molecule has 0 radical (unpaired) electrons. The number of aromatic nitrogens is 2. The molecule has 1 fully saturated rings. The van der Waals surface area contributed by atoms with E-state index in [1.807, 2.05) is 4.90 Å². The first-order valence-corrected chi connectivity index (χ1v) is 12.5. The second-order valence-corrected chi connectivity index (χ2v) is 9.65. The summed E-state index contributed by atoms with van der Waals surface area (Å²) in [5.41, 5.74) is 5.35. The van der Waals surface area contributed by atoms with Crippen molar-refractivity contribution in [2.75, 3.05) is 31.1 Å². The van der Waals surface area contributed by atoms with Crippen LogP contribution < -0.4 is 10.5 Å². The van der Waals surface area contributed by atoms with Crippen LogP contribution in [0.5, 0.6) is 0 Å². The van der Waals surface area contributed by atoms with Gasteiger partial charge >= 0.3 is 0 Å². The number of carbonyl (C=O) groups excluding carboxylic acids is 1. The molecule has 1 aliphatic heterocycles. The van der Waals surface area contributed by atoms with E-state index in [0.29, 0.717) is 40.3 Å². The van der Waals surface area contributed by atoms with Crippen LogP contribution in [0.25, 0.3) is 22.9 Å². The number of H-pyrrole nitrogens is 1. The molecular formula is C29H27ClN4O3. The number of benzene rings is 3. The van der Waals surface area contributed by atoms with Crippen molar-refractivity contribution in [3.05, 3.63) is 104 Å². The first kappa shape index (κ1) is 24.6. The van der Waals surface area contributed by atoms with Crippen LogP contribution in [0.1, 0.15) is 32.7 Å². The summed E-state index contributed by atoms with van der Waals surface area (Å²) in [6, 6.07) is 18.0. The number of hydrogen-bond donors (Lipinski definition) is 2. The van der Waals surface area contributed by atoms with Crippen LogP contribution in [0.4, 0.5) is 5.69 Å². The number of nitrogens with zero attached hydrogens (tertiary/aromatic N) is 3. The summed E-state index contributed by atoms with van der Waals surface area (Å²) in [6.45, 7) is 6.99. The fourth-order valence-corrected chi connectivity index (χ4v) is 4.70. The van der Waals surface area contributed by atoms with E-state index >= 15 is 0 Å². The van der Waals surface area contributed by atoms with Crippen molar-refractivity contribution in [3.63, 3.8) is 0 Å². The quantitative estimate of drug-likeness (QED) is 0.365. The number of aryl methyl sites for hydroxylation is 1. The highest BCUT2D eigenvalue weighted by molar-refractivity contribution is 6.30. The lowest BCUT2D eigenvalue weighted by Crippen LogP contribution is -2.49. The molecule has 8 heteroatoms. The second kappa shape index (κ2) is 10.1. The Morgan fingerprint density at radius 3 is 2.43 bits per heavy atom. The number of halogens is 1. The molecule has 2 heterocycles. The number of nitrogens with one attached hydrogen (secondary N) is 1. The lowest BCUT2D eigenvalue weighted by atomic mass is 10.1. The van der Waals surface area contributed by atoms with Crippen LogP contribution in [0.3, 0.4) is 0 Å². The maximum absolute atomic E-state index is 13.2. The van der Waals surface area contributed by atoms with Gasteiger partial charge in [-0.15, -0.1) is 0 Å². The number of piperazine rings is 1. The lowest BCUT2D eigenvalue weighted by Gasteiger charge is -2.37. The number of hydrogen-bond acceptors (Lipinski definition) is 5. The Kier molecular flexibility index (Phi) is 6.72. The van der Waals surface area contributed by atoms with Crippen molar-refractivity contribution in [3.8, 4) is 0 Å². The zero-order valence-electron chi connectivity index (χ0n) is 20.7. The van der Waals surface area contributed by atoms with Gasteiger partial charge in [0.1, 0.15) is 11.5 Å². The smallest absolute Gasteiger partial charge is 0.274 e. The number of aliphatic hydroxyl groups is 1. The van der Waals surface area contributed by atoms with E-state index in [-0.39, 0.29) is 17.4 Å². The molecule has 5 rings (SSSR count). The standard InChI is InChI=1S/C29H27ClN4O3/c1-18-4-3-5-26(19(18)2)33-12-14-34(15-13-33)29(37)21-8-11-23-24(16-21)32-28(36)25(31-23)17-27(35)20-6-9-22(30)10-7-20/h3-11,16-17,35H,12-15H2,1-2H3,(H,32,36). The largest absolute Gasteiger partial charge is 0.507 e. The van der Waals surface area contributed by atoms with Gasteiger partial charge in [-0.3, -0.25) is 9.59 Å². The average Bonchev–Trinajstić information content (AvgIpc) is 2.90. The van der Waals surface area contributed by atoms with E-state index in [1.54, 1.807) is 42.5 Å². The summed E-state index contributed by atoms with van der Waals surface area (Å²) in [6.07, 6.45) is 1.32. The summed E-state index contributed by atoms with van der Waals surface area (Å²) in [5.74, 6) is -0.173. The monoisotopic (exact) mass is 514 g/mol. The minimum Gasteiger partial charge on any atom is -0.507 e. The topological polar surface area (TPSA) is 89.5 Å². The number of carbonyl (C=O) groups is 1. The summed E-state index contributed by atoms with van der Waals surface area (Å²) >= 11 is 5.90. The van der Waals surface area contributed by atoms with Crippen LogP contribution >= 0.6 is 11.6 Å². The number of fused-ring (bicyclic) bond motifs is 1. The maximum atomic E-state index is 13.2. The highest BCUT2D eigenvalue weighted by atomic mass is 35.5. The van der Waals surface area contributed by atoms with Gasteiger partial charge in [0, 0.05) is 54.1 Å². The second-order valence-electron chi connectivity index (χ2n) is 9.22. The minimum atomic E-state index is -0.459. The van der Waals surface area contributed by atoms with Gasteiger partial charge in [-0.25, -0.2) is 4.98 Å². The van der Waals surface area contributed by atoms with Gasteiger partial charge in [-0.2, -0.15) is 0 Å². The molecule has 3 aromatic carbocycles. The van der Waals surface area contributed by atoms with Crippen molar-refractivity contribution < 1.29 is 9.90 Å². The molecule has 0 bridgehead atoms.